The molecule has 2 N–H and O–H groups in total. The topological polar surface area (TPSA) is 43.7 Å². The van der Waals surface area contributed by atoms with Gasteiger partial charge in [-0.05, 0) is 31.5 Å². The van der Waals surface area contributed by atoms with Crippen molar-refractivity contribution < 1.29 is 10.2 Å². The summed E-state index contributed by atoms with van der Waals surface area (Å²) in [6.07, 6.45) is 0.543. The highest BCUT2D eigenvalue weighted by molar-refractivity contribution is 9.10. The van der Waals surface area contributed by atoms with E-state index < -0.39 is 6.10 Å². The lowest BCUT2D eigenvalue weighted by molar-refractivity contribution is 0.199. The maximum Gasteiger partial charge on any atom is 0.0782 e. The molecule has 0 bridgehead atoms. The normalized spacial score (nSPS) is 21.9. The quantitative estimate of drug-likeness (QED) is 0.900. The molecule has 1 aromatic rings. The van der Waals surface area contributed by atoms with Crippen LogP contribution in [0.4, 0.5) is 5.69 Å². The largest absolute Gasteiger partial charge is 0.396 e. The second-order valence-corrected chi connectivity index (χ2v) is 5.58. The number of benzene rings is 1. The molecule has 1 aliphatic heterocycles. The highest BCUT2D eigenvalue weighted by Gasteiger charge is 2.24. The molecular formula is C13H18BrNO2. The highest BCUT2D eigenvalue weighted by atomic mass is 79.9. The summed E-state index contributed by atoms with van der Waals surface area (Å²) in [6.45, 7) is 3.85. The number of halogens is 1. The first-order valence-electron chi connectivity index (χ1n) is 5.95. The molecule has 2 unspecified atom stereocenters. The third-order valence-corrected chi connectivity index (χ3v) is 3.82. The first-order valence-corrected chi connectivity index (χ1v) is 6.74. The van der Waals surface area contributed by atoms with E-state index in [2.05, 4.69) is 20.8 Å². The van der Waals surface area contributed by atoms with E-state index in [1.165, 1.54) is 0 Å². The highest BCUT2D eigenvalue weighted by Crippen LogP contribution is 2.32. The molecule has 1 aliphatic rings. The molecule has 0 amide bonds. The van der Waals surface area contributed by atoms with Gasteiger partial charge in [-0.15, -0.1) is 0 Å². The van der Waals surface area contributed by atoms with Crippen LogP contribution in [0.1, 0.15) is 25.0 Å². The zero-order valence-electron chi connectivity index (χ0n) is 9.93. The molecule has 94 valence electrons. The van der Waals surface area contributed by atoms with E-state index in [-0.39, 0.29) is 6.61 Å². The molecule has 4 heteroatoms. The molecule has 2 rings (SSSR count). The Bertz CT molecular complexity index is 395. The number of nitrogens with zero attached hydrogens (tertiary/aromatic N) is 1. The number of aliphatic hydroxyl groups excluding tert-OH is 2. The molecule has 3 nitrogen and oxygen atoms in total. The molecule has 0 aromatic heterocycles. The number of rotatable bonds is 3. The zero-order valence-corrected chi connectivity index (χ0v) is 11.5. The molecule has 17 heavy (non-hydrogen) atoms. The van der Waals surface area contributed by atoms with Crippen molar-refractivity contribution in [2.75, 3.05) is 24.6 Å². The lowest BCUT2D eigenvalue weighted by Crippen LogP contribution is -2.22. The van der Waals surface area contributed by atoms with E-state index in [0.29, 0.717) is 5.92 Å². The summed E-state index contributed by atoms with van der Waals surface area (Å²) < 4.78 is 0.982. The van der Waals surface area contributed by atoms with Crippen LogP contribution >= 0.6 is 15.9 Å². The fourth-order valence-corrected chi connectivity index (χ4v) is 2.73. The first kappa shape index (κ1) is 12.9. The Morgan fingerprint density at radius 1 is 1.53 bits per heavy atom. The van der Waals surface area contributed by atoms with Gasteiger partial charge < -0.3 is 15.1 Å². The summed E-state index contributed by atoms with van der Waals surface area (Å²) >= 11 is 3.43. The van der Waals surface area contributed by atoms with Crippen LogP contribution in [0, 0.1) is 5.92 Å². The minimum Gasteiger partial charge on any atom is -0.396 e. The van der Waals surface area contributed by atoms with E-state index in [1.54, 1.807) is 6.92 Å². The van der Waals surface area contributed by atoms with Crippen LogP contribution in [0.15, 0.2) is 22.7 Å². The molecule has 1 heterocycles. The standard InChI is InChI=1S/C13H18BrNO2/c1-9(17)12-6-11(14)2-3-13(12)15-5-4-10(7-15)8-16/h2-3,6,9-10,16-17H,4-5,7-8H2,1H3. The van der Waals surface area contributed by atoms with Crippen molar-refractivity contribution in [2.24, 2.45) is 5.92 Å². The van der Waals surface area contributed by atoms with Crippen LogP contribution in [-0.2, 0) is 0 Å². The van der Waals surface area contributed by atoms with Crippen molar-refractivity contribution in [1.82, 2.24) is 0 Å². The Labute approximate surface area is 110 Å². The molecule has 0 radical (unpaired) electrons. The van der Waals surface area contributed by atoms with Crippen LogP contribution in [0.25, 0.3) is 0 Å². The van der Waals surface area contributed by atoms with Crippen LogP contribution in [0.3, 0.4) is 0 Å². The fourth-order valence-electron chi connectivity index (χ4n) is 2.35. The van der Waals surface area contributed by atoms with Gasteiger partial charge in [0, 0.05) is 41.3 Å². The first-order chi connectivity index (χ1) is 8.11. The van der Waals surface area contributed by atoms with Crippen LogP contribution in [-0.4, -0.2) is 29.9 Å². The van der Waals surface area contributed by atoms with Gasteiger partial charge in [-0.25, -0.2) is 0 Å². The molecule has 2 atom stereocenters. The van der Waals surface area contributed by atoms with Gasteiger partial charge in [0.2, 0.25) is 0 Å². The molecule has 0 spiro atoms. The maximum absolute atomic E-state index is 9.82. The summed E-state index contributed by atoms with van der Waals surface area (Å²) in [5.41, 5.74) is 2.03. The van der Waals surface area contributed by atoms with E-state index in [0.717, 1.165) is 35.2 Å². The lowest BCUT2D eigenvalue weighted by atomic mass is 10.1. The van der Waals surface area contributed by atoms with Crippen LogP contribution in [0.5, 0.6) is 0 Å². The summed E-state index contributed by atoms with van der Waals surface area (Å²) in [6, 6.07) is 5.99. The van der Waals surface area contributed by atoms with Gasteiger partial charge in [0.15, 0.2) is 0 Å². The van der Waals surface area contributed by atoms with E-state index >= 15 is 0 Å². The summed E-state index contributed by atoms with van der Waals surface area (Å²) in [5, 5.41) is 19.0. The van der Waals surface area contributed by atoms with Crippen molar-refractivity contribution in [3.63, 3.8) is 0 Å². The number of anilines is 1. The summed E-state index contributed by atoms with van der Waals surface area (Å²) in [4.78, 5) is 2.25. The number of hydrogen-bond donors (Lipinski definition) is 2. The second-order valence-electron chi connectivity index (χ2n) is 4.66. The second kappa shape index (κ2) is 5.38. The average molecular weight is 300 g/mol. The van der Waals surface area contributed by atoms with Gasteiger partial charge in [-0.1, -0.05) is 15.9 Å². The van der Waals surface area contributed by atoms with Gasteiger partial charge in [0.25, 0.3) is 0 Å². The molecule has 1 aromatic carbocycles. The zero-order chi connectivity index (χ0) is 12.4. The van der Waals surface area contributed by atoms with E-state index in [1.807, 2.05) is 18.2 Å². The van der Waals surface area contributed by atoms with Gasteiger partial charge in [0.1, 0.15) is 0 Å². The summed E-state index contributed by atoms with van der Waals surface area (Å²) in [7, 11) is 0. The van der Waals surface area contributed by atoms with E-state index in [9.17, 15) is 5.11 Å². The molecule has 0 saturated carbocycles. The average Bonchev–Trinajstić information content (AvgIpc) is 2.77. The van der Waals surface area contributed by atoms with Crippen LogP contribution < -0.4 is 4.90 Å². The Kier molecular flexibility index (Phi) is 4.07. The Hall–Kier alpha value is -0.580. The Morgan fingerprint density at radius 3 is 2.88 bits per heavy atom. The molecular weight excluding hydrogens is 282 g/mol. The number of aliphatic hydroxyl groups is 2. The minimum atomic E-state index is -0.476. The van der Waals surface area contributed by atoms with Crippen molar-refractivity contribution >= 4 is 21.6 Å². The van der Waals surface area contributed by atoms with Crippen molar-refractivity contribution in [3.05, 3.63) is 28.2 Å². The lowest BCUT2D eigenvalue weighted by Gasteiger charge is -2.23. The van der Waals surface area contributed by atoms with Crippen molar-refractivity contribution in [3.8, 4) is 0 Å². The smallest absolute Gasteiger partial charge is 0.0782 e. The monoisotopic (exact) mass is 299 g/mol. The van der Waals surface area contributed by atoms with Gasteiger partial charge in [-0.3, -0.25) is 0 Å². The van der Waals surface area contributed by atoms with Crippen LogP contribution in [0.2, 0.25) is 0 Å². The molecule has 1 fully saturated rings. The van der Waals surface area contributed by atoms with Crippen molar-refractivity contribution in [2.45, 2.75) is 19.4 Å². The molecule has 0 aliphatic carbocycles. The van der Waals surface area contributed by atoms with Crippen molar-refractivity contribution in [1.29, 1.82) is 0 Å². The SMILES string of the molecule is CC(O)c1cc(Br)ccc1N1CCC(CO)C1. The Balaban J connectivity index is 2.26. The Morgan fingerprint density at radius 2 is 2.29 bits per heavy atom. The third-order valence-electron chi connectivity index (χ3n) is 3.32. The summed E-state index contributed by atoms with van der Waals surface area (Å²) in [5.74, 6) is 0.362. The van der Waals surface area contributed by atoms with Gasteiger partial charge in [0.05, 0.1) is 6.10 Å². The number of hydrogen-bond acceptors (Lipinski definition) is 3. The maximum atomic E-state index is 9.82. The van der Waals surface area contributed by atoms with Gasteiger partial charge >= 0.3 is 0 Å². The van der Waals surface area contributed by atoms with E-state index in [4.69, 9.17) is 5.11 Å². The fraction of sp³-hybridized carbons (Fsp3) is 0.538. The van der Waals surface area contributed by atoms with Gasteiger partial charge in [-0.2, -0.15) is 0 Å². The predicted molar refractivity (Wildman–Crippen MR) is 72.2 cm³/mol. The minimum absolute atomic E-state index is 0.247. The molecule has 1 saturated heterocycles. The predicted octanol–water partition coefficient (Wildman–Crippen LogP) is 2.32. The third kappa shape index (κ3) is 2.81.